The first kappa shape index (κ1) is 13.2. The first-order chi connectivity index (χ1) is 7.74. The summed E-state index contributed by atoms with van der Waals surface area (Å²) in [5.41, 5.74) is 0. The van der Waals surface area contributed by atoms with Gasteiger partial charge in [-0.3, -0.25) is 4.90 Å². The van der Waals surface area contributed by atoms with Gasteiger partial charge < -0.3 is 9.67 Å². The molecule has 0 radical (unpaired) electrons. The molecule has 0 fully saturated rings. The molecule has 1 aromatic rings. The van der Waals surface area contributed by atoms with Crippen LogP contribution in [0.3, 0.4) is 0 Å². The van der Waals surface area contributed by atoms with E-state index in [-0.39, 0.29) is 0 Å². The van der Waals surface area contributed by atoms with Gasteiger partial charge in [-0.2, -0.15) is 0 Å². The molecular weight excluding hydrogens is 202 g/mol. The molecule has 1 heterocycles. The van der Waals surface area contributed by atoms with Crippen LogP contribution in [0.4, 0.5) is 0 Å². The number of aromatic nitrogens is 2. The molecule has 0 aliphatic carbocycles. The lowest BCUT2D eigenvalue weighted by Crippen LogP contribution is -2.21. The third-order valence-electron chi connectivity index (χ3n) is 2.78. The molecule has 0 spiro atoms. The Morgan fingerprint density at radius 3 is 2.69 bits per heavy atom. The summed E-state index contributed by atoms with van der Waals surface area (Å²) in [7, 11) is 4.15. The van der Waals surface area contributed by atoms with Gasteiger partial charge >= 0.3 is 0 Å². The molecule has 0 aliphatic rings. The Morgan fingerprint density at radius 2 is 2.06 bits per heavy atom. The number of aliphatic hydroxyl groups is 1. The molecule has 0 amide bonds. The average Bonchev–Trinajstić information content (AvgIpc) is 2.64. The van der Waals surface area contributed by atoms with E-state index in [1.165, 1.54) is 12.8 Å². The van der Waals surface area contributed by atoms with Crippen LogP contribution in [-0.4, -0.2) is 39.8 Å². The lowest BCUT2D eigenvalue weighted by molar-refractivity contribution is 0.275. The molecule has 16 heavy (non-hydrogen) atoms. The topological polar surface area (TPSA) is 41.3 Å². The summed E-state index contributed by atoms with van der Waals surface area (Å²) in [5.74, 6) is 1.11. The molecule has 1 aromatic heterocycles. The second kappa shape index (κ2) is 7.41. The van der Waals surface area contributed by atoms with Crippen molar-refractivity contribution in [2.24, 2.45) is 7.05 Å². The predicted molar refractivity (Wildman–Crippen MR) is 65.1 cm³/mol. The highest BCUT2D eigenvalue weighted by molar-refractivity contribution is 4.90. The van der Waals surface area contributed by atoms with Gasteiger partial charge in [0.25, 0.3) is 0 Å². The number of imidazole rings is 1. The van der Waals surface area contributed by atoms with Gasteiger partial charge in [-0.25, -0.2) is 4.98 Å². The van der Waals surface area contributed by atoms with Crippen molar-refractivity contribution >= 4 is 0 Å². The normalized spacial score (nSPS) is 11.2. The van der Waals surface area contributed by atoms with Crippen LogP contribution in [-0.2, 0) is 13.6 Å². The highest BCUT2D eigenvalue weighted by atomic mass is 16.2. The summed E-state index contributed by atoms with van der Waals surface area (Å²) in [6.45, 7) is 2.32. The number of rotatable bonds is 8. The van der Waals surface area contributed by atoms with Crippen LogP contribution in [0.25, 0.3) is 0 Å². The van der Waals surface area contributed by atoms with Crippen LogP contribution >= 0.6 is 0 Å². The van der Waals surface area contributed by atoms with E-state index in [9.17, 15) is 0 Å². The van der Waals surface area contributed by atoms with Gasteiger partial charge in [0.2, 0.25) is 0 Å². The fourth-order valence-corrected chi connectivity index (χ4v) is 1.72. The molecule has 4 nitrogen and oxygen atoms in total. The van der Waals surface area contributed by atoms with Gasteiger partial charge in [-0.05, 0) is 26.4 Å². The van der Waals surface area contributed by atoms with Gasteiger partial charge in [0.05, 0.1) is 6.54 Å². The summed E-state index contributed by atoms with van der Waals surface area (Å²) in [6, 6.07) is 0. The lowest BCUT2D eigenvalue weighted by atomic mass is 10.2. The SMILES string of the molecule is CN(CCCCCCO)Cc1nccn1C. The highest BCUT2D eigenvalue weighted by Gasteiger charge is 2.03. The molecule has 4 heteroatoms. The fraction of sp³-hybridized carbons (Fsp3) is 0.750. The van der Waals surface area contributed by atoms with Crippen molar-refractivity contribution in [2.45, 2.75) is 32.2 Å². The van der Waals surface area contributed by atoms with Crippen LogP contribution in [0.2, 0.25) is 0 Å². The quantitative estimate of drug-likeness (QED) is 0.680. The minimum absolute atomic E-state index is 0.323. The van der Waals surface area contributed by atoms with Crippen molar-refractivity contribution in [2.75, 3.05) is 20.2 Å². The van der Waals surface area contributed by atoms with Crippen LogP contribution in [0.5, 0.6) is 0 Å². The van der Waals surface area contributed by atoms with Gasteiger partial charge in [-0.1, -0.05) is 12.8 Å². The number of unbranched alkanes of at least 4 members (excludes halogenated alkanes) is 3. The van der Waals surface area contributed by atoms with E-state index in [0.29, 0.717) is 6.61 Å². The van der Waals surface area contributed by atoms with Crippen molar-refractivity contribution < 1.29 is 5.11 Å². The van der Waals surface area contributed by atoms with E-state index in [1.807, 2.05) is 19.4 Å². The molecule has 92 valence electrons. The number of nitrogens with zero attached hydrogens (tertiary/aromatic N) is 3. The molecule has 1 rings (SSSR count). The van der Waals surface area contributed by atoms with E-state index in [2.05, 4.69) is 21.5 Å². The number of aryl methyl sites for hydroxylation is 1. The van der Waals surface area contributed by atoms with Crippen LogP contribution in [0.15, 0.2) is 12.4 Å². The molecular formula is C12H23N3O. The van der Waals surface area contributed by atoms with Crippen LogP contribution < -0.4 is 0 Å². The maximum Gasteiger partial charge on any atom is 0.122 e. The predicted octanol–water partition coefficient (Wildman–Crippen LogP) is 1.40. The first-order valence-electron chi connectivity index (χ1n) is 5.99. The summed E-state index contributed by atoms with van der Waals surface area (Å²) in [6.07, 6.45) is 8.27. The van der Waals surface area contributed by atoms with E-state index in [0.717, 1.165) is 31.8 Å². The zero-order chi connectivity index (χ0) is 11.8. The van der Waals surface area contributed by atoms with Gasteiger partial charge in [0.15, 0.2) is 0 Å². The zero-order valence-electron chi connectivity index (χ0n) is 10.4. The Bertz CT molecular complexity index is 286. The zero-order valence-corrected chi connectivity index (χ0v) is 10.4. The van der Waals surface area contributed by atoms with Crippen molar-refractivity contribution in [3.8, 4) is 0 Å². The average molecular weight is 225 g/mol. The molecule has 0 bridgehead atoms. The summed E-state index contributed by atoms with van der Waals surface area (Å²) in [4.78, 5) is 6.59. The molecule has 0 saturated carbocycles. The molecule has 0 aliphatic heterocycles. The van der Waals surface area contributed by atoms with Crippen molar-refractivity contribution in [1.82, 2.24) is 14.5 Å². The highest BCUT2D eigenvalue weighted by Crippen LogP contribution is 2.03. The summed E-state index contributed by atoms with van der Waals surface area (Å²) < 4.78 is 2.06. The summed E-state index contributed by atoms with van der Waals surface area (Å²) >= 11 is 0. The van der Waals surface area contributed by atoms with Crippen molar-refractivity contribution in [3.63, 3.8) is 0 Å². The van der Waals surface area contributed by atoms with Crippen molar-refractivity contribution in [1.29, 1.82) is 0 Å². The Labute approximate surface area is 97.9 Å². The van der Waals surface area contributed by atoms with Crippen LogP contribution in [0, 0.1) is 0 Å². The van der Waals surface area contributed by atoms with Crippen molar-refractivity contribution in [3.05, 3.63) is 18.2 Å². The van der Waals surface area contributed by atoms with E-state index < -0.39 is 0 Å². The standard InChI is InChI=1S/C12H23N3O/c1-14(8-5-3-4-6-10-16)11-12-13-7-9-15(12)2/h7,9,16H,3-6,8,10-11H2,1-2H3. The Morgan fingerprint density at radius 1 is 1.31 bits per heavy atom. The smallest absolute Gasteiger partial charge is 0.122 e. The lowest BCUT2D eigenvalue weighted by Gasteiger charge is -2.15. The third kappa shape index (κ3) is 4.77. The second-order valence-electron chi connectivity index (χ2n) is 4.33. The van der Waals surface area contributed by atoms with Gasteiger partial charge in [0, 0.05) is 26.0 Å². The molecule has 1 N–H and O–H groups in total. The molecule has 0 atom stereocenters. The number of aliphatic hydroxyl groups excluding tert-OH is 1. The van der Waals surface area contributed by atoms with E-state index >= 15 is 0 Å². The minimum atomic E-state index is 0.323. The summed E-state index contributed by atoms with van der Waals surface area (Å²) in [5, 5.41) is 8.66. The number of hydrogen-bond donors (Lipinski definition) is 1. The number of hydrogen-bond acceptors (Lipinski definition) is 3. The molecule has 0 saturated heterocycles. The Kier molecular flexibility index (Phi) is 6.11. The molecule has 0 aromatic carbocycles. The largest absolute Gasteiger partial charge is 0.396 e. The minimum Gasteiger partial charge on any atom is -0.396 e. The maximum atomic E-state index is 8.66. The first-order valence-corrected chi connectivity index (χ1v) is 5.99. The fourth-order valence-electron chi connectivity index (χ4n) is 1.72. The molecule has 0 unspecified atom stereocenters. The van der Waals surface area contributed by atoms with E-state index in [1.54, 1.807) is 0 Å². The van der Waals surface area contributed by atoms with Gasteiger partial charge in [-0.15, -0.1) is 0 Å². The van der Waals surface area contributed by atoms with Gasteiger partial charge in [0.1, 0.15) is 5.82 Å². The Hall–Kier alpha value is -0.870. The second-order valence-corrected chi connectivity index (χ2v) is 4.33. The monoisotopic (exact) mass is 225 g/mol. The third-order valence-corrected chi connectivity index (χ3v) is 2.78. The van der Waals surface area contributed by atoms with Crippen LogP contribution in [0.1, 0.15) is 31.5 Å². The van der Waals surface area contributed by atoms with E-state index in [4.69, 9.17) is 5.11 Å². The Balaban J connectivity index is 2.11. The maximum absolute atomic E-state index is 8.66.